The minimum Gasteiger partial charge on any atom is -0.480 e. The first-order valence-corrected chi connectivity index (χ1v) is 7.20. The van der Waals surface area contributed by atoms with Gasteiger partial charge in [-0.05, 0) is 0 Å². The summed E-state index contributed by atoms with van der Waals surface area (Å²) in [6, 6.07) is 0. The van der Waals surface area contributed by atoms with E-state index in [4.69, 9.17) is 10.2 Å². The monoisotopic (exact) mass is 316 g/mol. The molecule has 0 aliphatic rings. The Hall–Kier alpha value is -1.80. The van der Waals surface area contributed by atoms with E-state index in [0.29, 0.717) is 12.8 Å². The van der Waals surface area contributed by atoms with Crippen LogP contribution in [-0.2, 0) is 19.2 Å². The van der Waals surface area contributed by atoms with Gasteiger partial charge in [0.2, 0.25) is 0 Å². The summed E-state index contributed by atoms with van der Waals surface area (Å²) in [5.74, 6) is -2.29. The second-order valence-electron chi connectivity index (χ2n) is 4.99. The minimum atomic E-state index is -1.06. The standard InChI is InChI=1S/C14H24N2O6/c1-3-11(17)7-15(9-13(19)20)5-6-16(10-14(21)22)8-12(18)4-2/h3-10H2,1-2H3,(H,19,20)(H,21,22). The molecule has 0 aliphatic heterocycles. The van der Waals surface area contributed by atoms with Crippen LogP contribution in [0.3, 0.4) is 0 Å². The van der Waals surface area contributed by atoms with E-state index < -0.39 is 11.9 Å². The molecule has 2 N–H and O–H groups in total. The third-order valence-electron chi connectivity index (χ3n) is 3.04. The normalized spacial score (nSPS) is 10.9. The van der Waals surface area contributed by atoms with Gasteiger partial charge in [0, 0.05) is 25.9 Å². The van der Waals surface area contributed by atoms with Crippen LogP contribution in [-0.4, -0.2) is 82.8 Å². The molecule has 0 aromatic rings. The lowest BCUT2D eigenvalue weighted by Gasteiger charge is -2.24. The molecule has 0 aromatic heterocycles. The topological polar surface area (TPSA) is 115 Å². The molecule has 0 bridgehead atoms. The zero-order valence-electron chi connectivity index (χ0n) is 13.1. The van der Waals surface area contributed by atoms with Crippen molar-refractivity contribution in [1.29, 1.82) is 0 Å². The zero-order chi connectivity index (χ0) is 17.1. The van der Waals surface area contributed by atoms with Gasteiger partial charge in [0.05, 0.1) is 26.2 Å². The zero-order valence-corrected chi connectivity index (χ0v) is 13.1. The van der Waals surface area contributed by atoms with E-state index in [1.165, 1.54) is 9.80 Å². The largest absolute Gasteiger partial charge is 0.480 e. The molecule has 0 amide bonds. The van der Waals surface area contributed by atoms with Gasteiger partial charge in [0.15, 0.2) is 0 Å². The summed E-state index contributed by atoms with van der Waals surface area (Å²) in [5.41, 5.74) is 0. The second kappa shape index (κ2) is 10.9. The van der Waals surface area contributed by atoms with Crippen LogP contribution in [0.1, 0.15) is 26.7 Å². The van der Waals surface area contributed by atoms with Crippen molar-refractivity contribution in [1.82, 2.24) is 9.80 Å². The molecule has 126 valence electrons. The van der Waals surface area contributed by atoms with Crippen LogP contribution in [0.25, 0.3) is 0 Å². The fourth-order valence-corrected chi connectivity index (χ4v) is 1.82. The number of carbonyl (C=O) groups excluding carboxylic acids is 2. The molecule has 0 saturated heterocycles. The van der Waals surface area contributed by atoms with Gasteiger partial charge in [-0.2, -0.15) is 0 Å². The number of hydrogen-bond acceptors (Lipinski definition) is 6. The van der Waals surface area contributed by atoms with Crippen molar-refractivity contribution in [3.63, 3.8) is 0 Å². The Bertz CT molecular complexity index is 372. The third-order valence-corrected chi connectivity index (χ3v) is 3.04. The summed E-state index contributed by atoms with van der Waals surface area (Å²) in [6.07, 6.45) is 0.618. The second-order valence-corrected chi connectivity index (χ2v) is 4.99. The molecule has 0 radical (unpaired) electrons. The van der Waals surface area contributed by atoms with Crippen LogP contribution in [0, 0.1) is 0 Å². The van der Waals surface area contributed by atoms with Gasteiger partial charge >= 0.3 is 11.9 Å². The molecule has 0 atom stereocenters. The average molecular weight is 316 g/mol. The van der Waals surface area contributed by atoms with E-state index in [0.717, 1.165) is 0 Å². The fraction of sp³-hybridized carbons (Fsp3) is 0.714. The van der Waals surface area contributed by atoms with Crippen molar-refractivity contribution in [3.05, 3.63) is 0 Å². The van der Waals surface area contributed by atoms with Gasteiger partial charge in [-0.3, -0.25) is 29.0 Å². The van der Waals surface area contributed by atoms with Crippen LogP contribution < -0.4 is 0 Å². The Kier molecular flexibility index (Phi) is 9.97. The Balaban J connectivity index is 4.63. The van der Waals surface area contributed by atoms with Crippen molar-refractivity contribution in [2.75, 3.05) is 39.3 Å². The van der Waals surface area contributed by atoms with Crippen LogP contribution in [0.15, 0.2) is 0 Å². The highest BCUT2D eigenvalue weighted by atomic mass is 16.4. The molecule has 0 fully saturated rings. The van der Waals surface area contributed by atoms with Gasteiger partial charge in [-0.25, -0.2) is 0 Å². The number of aliphatic carboxylic acids is 2. The van der Waals surface area contributed by atoms with Crippen molar-refractivity contribution >= 4 is 23.5 Å². The number of nitrogens with zero attached hydrogens (tertiary/aromatic N) is 2. The Labute approximate surface area is 129 Å². The Morgan fingerprint density at radius 3 is 1.23 bits per heavy atom. The summed E-state index contributed by atoms with van der Waals surface area (Å²) in [7, 11) is 0. The third kappa shape index (κ3) is 10.0. The van der Waals surface area contributed by atoms with Crippen molar-refractivity contribution in [2.45, 2.75) is 26.7 Å². The predicted octanol–water partition coefficient (Wildman–Crippen LogP) is -0.282. The molecule has 0 unspecified atom stereocenters. The number of carbonyl (C=O) groups is 4. The van der Waals surface area contributed by atoms with Gasteiger partial charge in [-0.1, -0.05) is 13.8 Å². The molecule has 0 heterocycles. The van der Waals surface area contributed by atoms with Crippen LogP contribution >= 0.6 is 0 Å². The van der Waals surface area contributed by atoms with E-state index in [2.05, 4.69) is 0 Å². The van der Waals surface area contributed by atoms with Crippen LogP contribution in [0.5, 0.6) is 0 Å². The summed E-state index contributed by atoms with van der Waals surface area (Å²) in [4.78, 5) is 47.4. The van der Waals surface area contributed by atoms with E-state index in [9.17, 15) is 19.2 Å². The maximum Gasteiger partial charge on any atom is 0.317 e. The smallest absolute Gasteiger partial charge is 0.317 e. The molecule has 8 nitrogen and oxygen atoms in total. The van der Waals surface area contributed by atoms with Crippen molar-refractivity contribution in [2.24, 2.45) is 0 Å². The van der Waals surface area contributed by atoms with Crippen LogP contribution in [0.2, 0.25) is 0 Å². The highest BCUT2D eigenvalue weighted by molar-refractivity contribution is 5.81. The Morgan fingerprint density at radius 2 is 1.00 bits per heavy atom. The maximum atomic E-state index is 11.5. The molecule has 0 rings (SSSR count). The number of carboxylic acid groups (broad SMARTS) is 2. The molecule has 22 heavy (non-hydrogen) atoms. The lowest BCUT2D eigenvalue weighted by molar-refractivity contribution is -0.141. The molecular weight excluding hydrogens is 292 g/mol. The summed E-state index contributed by atoms with van der Waals surface area (Å²) >= 11 is 0. The number of Topliss-reactive ketones (excluding diaryl/α,β-unsaturated/α-hetero) is 2. The van der Waals surface area contributed by atoms with E-state index >= 15 is 0 Å². The molecular formula is C14H24N2O6. The molecule has 8 heteroatoms. The van der Waals surface area contributed by atoms with Gasteiger partial charge in [-0.15, -0.1) is 0 Å². The van der Waals surface area contributed by atoms with E-state index in [-0.39, 0.29) is 50.8 Å². The highest BCUT2D eigenvalue weighted by Crippen LogP contribution is 1.97. The maximum absolute atomic E-state index is 11.5. The van der Waals surface area contributed by atoms with Crippen molar-refractivity contribution < 1.29 is 29.4 Å². The molecule has 0 saturated carbocycles. The minimum absolute atomic E-state index is 0.00539. The van der Waals surface area contributed by atoms with Gasteiger partial charge in [0.25, 0.3) is 0 Å². The number of hydrogen-bond donors (Lipinski definition) is 2. The Morgan fingerprint density at radius 1 is 0.682 bits per heavy atom. The molecule has 0 aromatic carbocycles. The lowest BCUT2D eigenvalue weighted by atomic mass is 10.2. The first kappa shape index (κ1) is 20.2. The fourth-order valence-electron chi connectivity index (χ4n) is 1.82. The van der Waals surface area contributed by atoms with E-state index in [1.807, 2.05) is 0 Å². The predicted molar refractivity (Wildman–Crippen MR) is 78.7 cm³/mol. The van der Waals surface area contributed by atoms with Gasteiger partial charge < -0.3 is 10.2 Å². The molecule has 0 spiro atoms. The lowest BCUT2D eigenvalue weighted by Crippen LogP contribution is -2.43. The summed E-state index contributed by atoms with van der Waals surface area (Å²) in [5, 5.41) is 17.7. The number of rotatable bonds is 13. The highest BCUT2D eigenvalue weighted by Gasteiger charge is 2.17. The SMILES string of the molecule is CCC(=O)CN(CCN(CC(=O)O)CC(=O)CC)CC(=O)O. The molecule has 0 aliphatic carbocycles. The van der Waals surface area contributed by atoms with E-state index in [1.54, 1.807) is 13.8 Å². The quantitative estimate of drug-likeness (QED) is 0.476. The first-order chi connectivity index (χ1) is 10.3. The van der Waals surface area contributed by atoms with Crippen molar-refractivity contribution in [3.8, 4) is 0 Å². The van der Waals surface area contributed by atoms with Gasteiger partial charge in [0.1, 0.15) is 11.6 Å². The first-order valence-electron chi connectivity index (χ1n) is 7.20. The number of ketones is 2. The summed E-state index contributed by atoms with van der Waals surface area (Å²) < 4.78 is 0. The van der Waals surface area contributed by atoms with Crippen LogP contribution in [0.4, 0.5) is 0 Å². The number of carboxylic acids is 2. The summed E-state index contributed by atoms with van der Waals surface area (Å²) in [6.45, 7) is 3.22. The average Bonchev–Trinajstić information content (AvgIpc) is 2.42.